The third kappa shape index (κ3) is 2.42. The Labute approximate surface area is 104 Å². The fraction of sp³-hybridized carbons (Fsp3) is 0.167. The fourth-order valence-electron chi connectivity index (χ4n) is 1.65. The molecule has 0 atom stereocenters. The van der Waals surface area contributed by atoms with Gasteiger partial charge in [-0.05, 0) is 18.2 Å². The molecule has 1 aromatic heterocycles. The molecule has 0 radical (unpaired) electrons. The van der Waals surface area contributed by atoms with E-state index >= 15 is 0 Å². The zero-order valence-electron chi connectivity index (χ0n) is 10.2. The molecule has 0 aliphatic carbocycles. The van der Waals surface area contributed by atoms with E-state index in [1.165, 1.54) is 6.92 Å². The van der Waals surface area contributed by atoms with E-state index in [1.54, 1.807) is 25.3 Å². The lowest BCUT2D eigenvalue weighted by atomic mass is 10.1. The number of amides is 1. The van der Waals surface area contributed by atoms with Crippen LogP contribution in [0.1, 0.15) is 6.92 Å². The van der Waals surface area contributed by atoms with Gasteiger partial charge in [-0.15, -0.1) is 0 Å². The third-order valence-corrected chi connectivity index (χ3v) is 2.42. The molecule has 6 heteroatoms. The van der Waals surface area contributed by atoms with Gasteiger partial charge in [0, 0.05) is 18.6 Å². The van der Waals surface area contributed by atoms with Crippen LogP contribution in [-0.2, 0) is 4.79 Å². The Morgan fingerprint density at radius 1 is 1.44 bits per heavy atom. The lowest BCUT2D eigenvalue weighted by molar-refractivity contribution is -0.114. The maximum atomic E-state index is 11.1. The molecule has 0 saturated heterocycles. The summed E-state index contributed by atoms with van der Waals surface area (Å²) in [6, 6.07) is 7.15. The Hall–Kier alpha value is -2.50. The Morgan fingerprint density at radius 3 is 2.78 bits per heavy atom. The van der Waals surface area contributed by atoms with E-state index in [-0.39, 0.29) is 5.91 Å². The Bertz CT molecular complexity index is 577. The van der Waals surface area contributed by atoms with Gasteiger partial charge in [-0.25, -0.2) is 0 Å². The minimum Gasteiger partial charge on any atom is -0.495 e. The Morgan fingerprint density at radius 2 is 2.22 bits per heavy atom. The highest BCUT2D eigenvalue weighted by Crippen LogP contribution is 2.30. The van der Waals surface area contributed by atoms with E-state index in [0.717, 1.165) is 11.3 Å². The van der Waals surface area contributed by atoms with Crippen molar-refractivity contribution in [1.82, 2.24) is 10.2 Å². The summed E-state index contributed by atoms with van der Waals surface area (Å²) in [6.45, 7) is 1.44. The van der Waals surface area contributed by atoms with Crippen LogP contribution in [0.2, 0.25) is 0 Å². The molecule has 0 unspecified atom stereocenters. The zero-order valence-corrected chi connectivity index (χ0v) is 10.2. The minimum absolute atomic E-state index is 0.158. The first-order valence-electron chi connectivity index (χ1n) is 5.37. The molecule has 0 aliphatic heterocycles. The van der Waals surface area contributed by atoms with Gasteiger partial charge in [0.15, 0.2) is 0 Å². The van der Waals surface area contributed by atoms with E-state index < -0.39 is 0 Å². The summed E-state index contributed by atoms with van der Waals surface area (Å²) in [5, 5.41) is 9.38. The molecule has 2 aromatic rings. The van der Waals surface area contributed by atoms with Gasteiger partial charge in [-0.1, -0.05) is 0 Å². The molecule has 4 N–H and O–H groups in total. The number of hydrogen-bond acceptors (Lipinski definition) is 4. The van der Waals surface area contributed by atoms with Gasteiger partial charge >= 0.3 is 0 Å². The van der Waals surface area contributed by atoms with Crippen LogP contribution >= 0.6 is 0 Å². The zero-order chi connectivity index (χ0) is 13.1. The summed E-state index contributed by atoms with van der Waals surface area (Å²) in [5.41, 5.74) is 7.81. The second-order valence-corrected chi connectivity index (χ2v) is 3.80. The first kappa shape index (κ1) is 12.0. The maximum absolute atomic E-state index is 11.1. The van der Waals surface area contributed by atoms with Crippen LogP contribution in [0, 0.1) is 0 Å². The molecule has 1 heterocycles. The van der Waals surface area contributed by atoms with Gasteiger partial charge in [0.25, 0.3) is 0 Å². The molecule has 0 bridgehead atoms. The fourth-order valence-corrected chi connectivity index (χ4v) is 1.65. The molecule has 0 aliphatic rings. The number of anilines is 2. The predicted molar refractivity (Wildman–Crippen MR) is 69.3 cm³/mol. The van der Waals surface area contributed by atoms with Gasteiger partial charge in [0.05, 0.1) is 18.5 Å². The van der Waals surface area contributed by atoms with Crippen LogP contribution in [0.4, 0.5) is 11.5 Å². The first-order chi connectivity index (χ1) is 8.60. The van der Waals surface area contributed by atoms with E-state index in [1.807, 2.05) is 6.07 Å². The number of methoxy groups -OCH3 is 1. The molecular formula is C12H14N4O2. The Kier molecular flexibility index (Phi) is 3.18. The second kappa shape index (κ2) is 4.79. The molecule has 18 heavy (non-hydrogen) atoms. The van der Waals surface area contributed by atoms with Crippen molar-refractivity contribution in [3.63, 3.8) is 0 Å². The Balaban J connectivity index is 2.41. The highest BCUT2D eigenvalue weighted by Gasteiger charge is 2.08. The molecule has 0 spiro atoms. The number of carbonyl (C=O) groups excluding carboxylic acids is 1. The predicted octanol–water partition coefficient (Wildman–Crippen LogP) is 1.63. The number of nitrogens with one attached hydrogen (secondary N) is 2. The monoisotopic (exact) mass is 246 g/mol. The maximum Gasteiger partial charge on any atom is 0.221 e. The summed E-state index contributed by atoms with van der Waals surface area (Å²) in [5.74, 6) is 0.859. The lowest BCUT2D eigenvalue weighted by Crippen LogP contribution is -2.07. The minimum atomic E-state index is -0.158. The summed E-state index contributed by atoms with van der Waals surface area (Å²) in [4.78, 5) is 11.1. The average Bonchev–Trinajstić information content (AvgIpc) is 2.75. The molecular weight excluding hydrogens is 232 g/mol. The summed E-state index contributed by atoms with van der Waals surface area (Å²) in [6.07, 6.45) is 0. The van der Waals surface area contributed by atoms with Crippen LogP contribution in [0.5, 0.6) is 5.75 Å². The second-order valence-electron chi connectivity index (χ2n) is 3.80. The van der Waals surface area contributed by atoms with Crippen molar-refractivity contribution < 1.29 is 9.53 Å². The van der Waals surface area contributed by atoms with Crippen molar-refractivity contribution in [2.45, 2.75) is 6.92 Å². The summed E-state index contributed by atoms with van der Waals surface area (Å²) in [7, 11) is 1.55. The standard InChI is InChI=1S/C12H14N4O2/c1-7(17)14-10-5-8(3-4-11(10)18-2)9-6-12(13)16-15-9/h3-6H,1-2H3,(H,14,17)(H3,13,15,16). The van der Waals surface area contributed by atoms with Crippen molar-refractivity contribution in [2.75, 3.05) is 18.2 Å². The van der Waals surface area contributed by atoms with Crippen molar-refractivity contribution in [2.24, 2.45) is 0 Å². The molecule has 0 fully saturated rings. The van der Waals surface area contributed by atoms with Crippen LogP contribution in [0.3, 0.4) is 0 Å². The molecule has 0 saturated carbocycles. The van der Waals surface area contributed by atoms with Crippen LogP contribution in [0.25, 0.3) is 11.3 Å². The van der Waals surface area contributed by atoms with E-state index in [4.69, 9.17) is 10.5 Å². The third-order valence-electron chi connectivity index (χ3n) is 2.42. The van der Waals surface area contributed by atoms with E-state index in [2.05, 4.69) is 15.5 Å². The van der Waals surface area contributed by atoms with Crippen molar-refractivity contribution in [3.8, 4) is 17.0 Å². The van der Waals surface area contributed by atoms with Gasteiger partial charge in [-0.3, -0.25) is 9.89 Å². The van der Waals surface area contributed by atoms with Crippen molar-refractivity contribution >= 4 is 17.4 Å². The number of aromatic amines is 1. The number of rotatable bonds is 3. The number of benzene rings is 1. The highest BCUT2D eigenvalue weighted by atomic mass is 16.5. The highest BCUT2D eigenvalue weighted by molar-refractivity contribution is 5.91. The number of carbonyl (C=O) groups is 1. The first-order valence-corrected chi connectivity index (χ1v) is 5.37. The van der Waals surface area contributed by atoms with Crippen molar-refractivity contribution in [1.29, 1.82) is 0 Å². The molecule has 94 valence electrons. The molecule has 1 aromatic carbocycles. The molecule has 1 amide bonds. The number of aromatic nitrogens is 2. The van der Waals surface area contributed by atoms with Crippen LogP contribution < -0.4 is 15.8 Å². The van der Waals surface area contributed by atoms with Gasteiger partial charge < -0.3 is 15.8 Å². The van der Waals surface area contributed by atoms with Gasteiger partial charge in [-0.2, -0.15) is 5.10 Å². The van der Waals surface area contributed by atoms with Gasteiger partial charge in [0.2, 0.25) is 5.91 Å². The van der Waals surface area contributed by atoms with Crippen molar-refractivity contribution in [3.05, 3.63) is 24.3 Å². The number of nitrogens with two attached hydrogens (primary N) is 1. The molecule has 2 rings (SSSR count). The number of nitrogens with zero attached hydrogens (tertiary/aromatic N) is 1. The average molecular weight is 246 g/mol. The lowest BCUT2D eigenvalue weighted by Gasteiger charge is -2.10. The number of nitrogen functional groups attached to an aromatic ring is 1. The largest absolute Gasteiger partial charge is 0.495 e. The topological polar surface area (TPSA) is 93.0 Å². The SMILES string of the molecule is COc1ccc(-c2cc(N)n[nH]2)cc1NC(C)=O. The number of H-pyrrole nitrogens is 1. The summed E-state index contributed by atoms with van der Waals surface area (Å²) >= 11 is 0. The normalized spacial score (nSPS) is 10.1. The summed E-state index contributed by atoms with van der Waals surface area (Å²) < 4.78 is 5.18. The smallest absolute Gasteiger partial charge is 0.221 e. The van der Waals surface area contributed by atoms with E-state index in [0.29, 0.717) is 17.3 Å². The van der Waals surface area contributed by atoms with Crippen LogP contribution in [-0.4, -0.2) is 23.2 Å². The number of hydrogen-bond donors (Lipinski definition) is 3. The quantitative estimate of drug-likeness (QED) is 0.767. The van der Waals surface area contributed by atoms with Gasteiger partial charge in [0.1, 0.15) is 11.6 Å². The van der Waals surface area contributed by atoms with E-state index in [9.17, 15) is 4.79 Å². The molecule has 6 nitrogen and oxygen atoms in total. The number of ether oxygens (including phenoxy) is 1. The van der Waals surface area contributed by atoms with Crippen LogP contribution in [0.15, 0.2) is 24.3 Å².